The highest BCUT2D eigenvalue weighted by molar-refractivity contribution is 9.10. The van der Waals surface area contributed by atoms with Gasteiger partial charge in [0.25, 0.3) is 5.69 Å². The Morgan fingerprint density at radius 1 is 1.25 bits per heavy atom. The molecule has 0 radical (unpaired) electrons. The zero-order valence-corrected chi connectivity index (χ0v) is 17.6. The van der Waals surface area contributed by atoms with Gasteiger partial charge in [-0.25, -0.2) is 8.42 Å². The standard InChI is InChI=1S/C17H19BrN4O5S/c1-3-21(4-2)28(26,27)17-10-14(22(24)25)6-7-15(17)20-19-11-12-9-13(18)5-8-16(12)23/h5-11,20,23H,3-4H2,1-2H3. The van der Waals surface area contributed by atoms with Crippen LogP contribution in [0.5, 0.6) is 5.75 Å². The molecule has 0 heterocycles. The predicted molar refractivity (Wildman–Crippen MR) is 110 cm³/mol. The molecule has 0 unspecified atom stereocenters. The number of hydrazone groups is 1. The van der Waals surface area contributed by atoms with E-state index in [-0.39, 0.29) is 35.1 Å². The van der Waals surface area contributed by atoms with Crippen molar-refractivity contribution in [1.29, 1.82) is 0 Å². The normalized spacial score (nSPS) is 11.9. The van der Waals surface area contributed by atoms with Crippen LogP contribution < -0.4 is 5.43 Å². The molecule has 0 amide bonds. The summed E-state index contributed by atoms with van der Waals surface area (Å²) in [5.74, 6) is -0.00608. The van der Waals surface area contributed by atoms with E-state index in [2.05, 4.69) is 26.5 Å². The highest BCUT2D eigenvalue weighted by Gasteiger charge is 2.27. The van der Waals surface area contributed by atoms with Crippen molar-refractivity contribution < 1.29 is 18.4 Å². The van der Waals surface area contributed by atoms with E-state index in [0.717, 1.165) is 10.5 Å². The fourth-order valence-electron chi connectivity index (χ4n) is 2.43. The molecule has 0 atom stereocenters. The number of hydrogen-bond donors (Lipinski definition) is 2. The highest BCUT2D eigenvalue weighted by atomic mass is 79.9. The maximum absolute atomic E-state index is 12.9. The van der Waals surface area contributed by atoms with E-state index in [9.17, 15) is 23.6 Å². The van der Waals surface area contributed by atoms with E-state index >= 15 is 0 Å². The molecule has 0 aromatic heterocycles. The maximum atomic E-state index is 12.9. The molecule has 2 aromatic carbocycles. The van der Waals surface area contributed by atoms with Gasteiger partial charge >= 0.3 is 0 Å². The lowest BCUT2D eigenvalue weighted by atomic mass is 10.2. The van der Waals surface area contributed by atoms with Gasteiger partial charge in [0.2, 0.25) is 10.0 Å². The Balaban J connectivity index is 2.45. The molecule has 0 bridgehead atoms. The number of sulfonamides is 1. The third kappa shape index (κ3) is 4.86. The molecule has 0 aliphatic carbocycles. The molecule has 0 saturated carbocycles. The van der Waals surface area contributed by atoms with Gasteiger partial charge in [-0.05, 0) is 24.3 Å². The summed E-state index contributed by atoms with van der Waals surface area (Å²) in [4.78, 5) is 10.2. The van der Waals surface area contributed by atoms with Gasteiger partial charge in [-0.1, -0.05) is 29.8 Å². The molecule has 0 fully saturated rings. The topological polar surface area (TPSA) is 125 Å². The number of non-ortho nitro benzene ring substituents is 1. The third-order valence-corrected chi connectivity index (χ3v) is 6.46. The summed E-state index contributed by atoms with van der Waals surface area (Å²) in [6.45, 7) is 3.80. The van der Waals surface area contributed by atoms with Crippen LogP contribution in [0.25, 0.3) is 0 Å². The van der Waals surface area contributed by atoms with Crippen molar-refractivity contribution in [3.63, 3.8) is 0 Å². The first kappa shape index (κ1) is 21.8. The van der Waals surface area contributed by atoms with Crippen molar-refractivity contribution in [3.05, 3.63) is 56.5 Å². The van der Waals surface area contributed by atoms with Crippen LogP contribution >= 0.6 is 15.9 Å². The van der Waals surface area contributed by atoms with E-state index in [1.54, 1.807) is 26.0 Å². The summed E-state index contributed by atoms with van der Waals surface area (Å²) in [5.41, 5.74) is 2.74. The molecule has 2 aromatic rings. The summed E-state index contributed by atoms with van der Waals surface area (Å²) in [6.07, 6.45) is 1.31. The van der Waals surface area contributed by atoms with Crippen LogP contribution in [-0.4, -0.2) is 42.1 Å². The van der Waals surface area contributed by atoms with Crippen molar-refractivity contribution in [1.82, 2.24) is 4.31 Å². The van der Waals surface area contributed by atoms with Gasteiger partial charge in [-0.2, -0.15) is 9.41 Å². The van der Waals surface area contributed by atoms with Crippen molar-refractivity contribution >= 4 is 43.5 Å². The molecule has 2 rings (SSSR count). The zero-order valence-electron chi connectivity index (χ0n) is 15.2. The average molecular weight is 471 g/mol. The molecule has 2 N–H and O–H groups in total. The Kier molecular flexibility index (Phi) is 7.11. The number of anilines is 1. The Morgan fingerprint density at radius 3 is 2.54 bits per heavy atom. The second kappa shape index (κ2) is 9.13. The number of phenolic OH excluding ortho intramolecular Hbond substituents is 1. The first-order chi connectivity index (χ1) is 13.2. The lowest BCUT2D eigenvalue weighted by Gasteiger charge is -2.20. The number of aromatic hydroxyl groups is 1. The van der Waals surface area contributed by atoms with E-state index in [1.807, 2.05) is 0 Å². The van der Waals surface area contributed by atoms with Crippen LogP contribution in [0.2, 0.25) is 0 Å². The lowest BCUT2D eigenvalue weighted by Crippen LogP contribution is -2.31. The second-order valence-electron chi connectivity index (χ2n) is 5.60. The Morgan fingerprint density at radius 2 is 1.93 bits per heavy atom. The first-order valence-electron chi connectivity index (χ1n) is 8.26. The fraction of sp³-hybridized carbons (Fsp3) is 0.235. The van der Waals surface area contributed by atoms with Gasteiger partial charge in [0.1, 0.15) is 10.6 Å². The monoisotopic (exact) mass is 470 g/mol. The summed E-state index contributed by atoms with van der Waals surface area (Å²) in [6, 6.07) is 8.24. The molecule has 150 valence electrons. The van der Waals surface area contributed by atoms with Crippen molar-refractivity contribution in [2.75, 3.05) is 18.5 Å². The summed E-state index contributed by atoms with van der Waals surface area (Å²) in [7, 11) is -3.96. The summed E-state index contributed by atoms with van der Waals surface area (Å²) >= 11 is 3.28. The van der Waals surface area contributed by atoms with Gasteiger partial charge in [-0.15, -0.1) is 0 Å². The number of benzene rings is 2. The van der Waals surface area contributed by atoms with Crippen LogP contribution in [0, 0.1) is 10.1 Å². The minimum atomic E-state index is -3.96. The molecule has 0 aliphatic rings. The number of phenols is 1. The number of nitro benzene ring substituents is 1. The van der Waals surface area contributed by atoms with Gasteiger partial charge in [0.05, 0.1) is 16.8 Å². The third-order valence-electron chi connectivity index (χ3n) is 3.88. The van der Waals surface area contributed by atoms with Crippen molar-refractivity contribution in [2.24, 2.45) is 5.10 Å². The fourth-order valence-corrected chi connectivity index (χ4v) is 4.43. The van der Waals surface area contributed by atoms with Crippen LogP contribution in [-0.2, 0) is 10.0 Å². The van der Waals surface area contributed by atoms with Gasteiger partial charge in [0, 0.05) is 35.3 Å². The molecule has 0 spiro atoms. The van der Waals surface area contributed by atoms with Gasteiger partial charge < -0.3 is 5.11 Å². The zero-order chi connectivity index (χ0) is 20.9. The Labute approximate surface area is 171 Å². The van der Waals surface area contributed by atoms with Crippen molar-refractivity contribution in [2.45, 2.75) is 18.7 Å². The smallest absolute Gasteiger partial charge is 0.270 e. The number of nitrogens with zero attached hydrogens (tertiary/aromatic N) is 3. The summed E-state index contributed by atoms with van der Waals surface area (Å²) in [5, 5.41) is 24.9. The van der Waals surface area contributed by atoms with Crippen LogP contribution in [0.15, 0.2) is 50.9 Å². The lowest BCUT2D eigenvalue weighted by molar-refractivity contribution is -0.385. The number of hydrogen-bond acceptors (Lipinski definition) is 7. The molecular weight excluding hydrogens is 452 g/mol. The van der Waals surface area contributed by atoms with Crippen molar-refractivity contribution in [3.8, 4) is 5.75 Å². The van der Waals surface area contributed by atoms with Crippen LogP contribution in [0.1, 0.15) is 19.4 Å². The first-order valence-corrected chi connectivity index (χ1v) is 10.5. The minimum absolute atomic E-state index is 0.00608. The summed E-state index contributed by atoms with van der Waals surface area (Å²) < 4.78 is 27.7. The second-order valence-corrected chi connectivity index (χ2v) is 8.42. The largest absolute Gasteiger partial charge is 0.507 e. The number of rotatable bonds is 8. The van der Waals surface area contributed by atoms with E-state index in [1.165, 1.54) is 28.7 Å². The number of nitrogens with one attached hydrogen (secondary N) is 1. The molecule has 28 heavy (non-hydrogen) atoms. The van der Waals surface area contributed by atoms with Crippen LogP contribution in [0.4, 0.5) is 11.4 Å². The number of halogens is 1. The molecule has 9 nitrogen and oxygen atoms in total. The highest BCUT2D eigenvalue weighted by Crippen LogP contribution is 2.29. The Bertz CT molecular complexity index is 1010. The maximum Gasteiger partial charge on any atom is 0.270 e. The van der Waals surface area contributed by atoms with E-state index in [4.69, 9.17) is 0 Å². The number of nitro groups is 1. The molecule has 0 aliphatic heterocycles. The average Bonchev–Trinajstić information content (AvgIpc) is 2.65. The SMILES string of the molecule is CCN(CC)S(=O)(=O)c1cc([N+](=O)[O-])ccc1NN=Cc1cc(Br)ccc1O. The Hall–Kier alpha value is -2.50. The van der Waals surface area contributed by atoms with Crippen LogP contribution in [0.3, 0.4) is 0 Å². The van der Waals surface area contributed by atoms with Gasteiger partial charge in [0.15, 0.2) is 0 Å². The molecular formula is C17H19BrN4O5S. The predicted octanol–water partition coefficient (Wildman–Crippen LogP) is 3.54. The van der Waals surface area contributed by atoms with E-state index in [0.29, 0.717) is 5.56 Å². The minimum Gasteiger partial charge on any atom is -0.507 e. The van der Waals surface area contributed by atoms with E-state index < -0.39 is 14.9 Å². The van der Waals surface area contributed by atoms with Gasteiger partial charge in [-0.3, -0.25) is 15.5 Å². The molecule has 11 heteroatoms. The quantitative estimate of drug-likeness (QED) is 0.345. The molecule has 0 saturated heterocycles.